The molecule has 0 fully saturated rings. The number of hydrogen-bond acceptors (Lipinski definition) is 3. The summed E-state index contributed by atoms with van der Waals surface area (Å²) in [6.07, 6.45) is 1.41. The normalized spacial score (nSPS) is 10.9. The van der Waals surface area contributed by atoms with Crippen LogP contribution in [0.15, 0.2) is 41.0 Å². The van der Waals surface area contributed by atoms with E-state index < -0.39 is 11.8 Å². The van der Waals surface area contributed by atoms with Crippen molar-refractivity contribution in [1.29, 1.82) is 0 Å². The quantitative estimate of drug-likeness (QED) is 0.781. The molecule has 0 aliphatic heterocycles. The molecule has 0 bridgehead atoms. The molecule has 2 heterocycles. The standard InChI is InChI=1S/C13H7BrFN3O2/c14-11-8(2-1-3-9(11)15)12-17-16-10-5-4-7(13(19)20)6-18(10)12/h1-6H,(H,19,20). The summed E-state index contributed by atoms with van der Waals surface area (Å²) in [7, 11) is 0. The second-order valence-corrected chi connectivity index (χ2v) is 4.87. The highest BCUT2D eigenvalue weighted by atomic mass is 79.9. The number of carboxylic acids is 1. The molecule has 2 aromatic heterocycles. The van der Waals surface area contributed by atoms with Crippen molar-refractivity contribution in [3.05, 3.63) is 52.4 Å². The van der Waals surface area contributed by atoms with E-state index in [0.29, 0.717) is 17.0 Å². The SMILES string of the molecule is O=C(O)c1ccc2nnc(-c3cccc(F)c3Br)n2c1. The molecule has 0 unspecified atom stereocenters. The van der Waals surface area contributed by atoms with Crippen LogP contribution in [0.4, 0.5) is 4.39 Å². The molecule has 7 heteroatoms. The summed E-state index contributed by atoms with van der Waals surface area (Å²) in [5.74, 6) is -1.10. The maximum absolute atomic E-state index is 13.6. The van der Waals surface area contributed by atoms with E-state index in [2.05, 4.69) is 26.1 Å². The Bertz CT molecular complexity index is 832. The van der Waals surface area contributed by atoms with Crippen LogP contribution in [0.5, 0.6) is 0 Å². The van der Waals surface area contributed by atoms with Gasteiger partial charge in [-0.15, -0.1) is 10.2 Å². The van der Waals surface area contributed by atoms with E-state index in [1.54, 1.807) is 18.2 Å². The summed E-state index contributed by atoms with van der Waals surface area (Å²) in [6, 6.07) is 7.54. The highest BCUT2D eigenvalue weighted by molar-refractivity contribution is 9.10. The fourth-order valence-electron chi connectivity index (χ4n) is 1.88. The third-order valence-corrected chi connectivity index (χ3v) is 3.65. The predicted molar refractivity (Wildman–Crippen MR) is 73.0 cm³/mol. The Hall–Kier alpha value is -2.28. The Kier molecular flexibility index (Phi) is 2.98. The van der Waals surface area contributed by atoms with E-state index in [1.165, 1.54) is 22.7 Å². The number of carboxylic acid groups (broad SMARTS) is 1. The van der Waals surface area contributed by atoms with Gasteiger partial charge in [0.1, 0.15) is 5.82 Å². The number of pyridine rings is 1. The smallest absolute Gasteiger partial charge is 0.337 e. The zero-order chi connectivity index (χ0) is 14.3. The molecule has 20 heavy (non-hydrogen) atoms. The minimum absolute atomic E-state index is 0.103. The average Bonchev–Trinajstić information content (AvgIpc) is 2.84. The van der Waals surface area contributed by atoms with Crippen LogP contribution in [0.1, 0.15) is 10.4 Å². The monoisotopic (exact) mass is 335 g/mol. The van der Waals surface area contributed by atoms with Gasteiger partial charge in [0.05, 0.1) is 10.0 Å². The van der Waals surface area contributed by atoms with Crippen molar-refractivity contribution in [3.63, 3.8) is 0 Å². The third-order valence-electron chi connectivity index (χ3n) is 2.84. The Morgan fingerprint density at radius 1 is 1.25 bits per heavy atom. The van der Waals surface area contributed by atoms with Crippen LogP contribution >= 0.6 is 15.9 Å². The van der Waals surface area contributed by atoms with Gasteiger partial charge in [-0.1, -0.05) is 6.07 Å². The molecule has 0 atom stereocenters. The lowest BCUT2D eigenvalue weighted by molar-refractivity contribution is 0.0696. The lowest BCUT2D eigenvalue weighted by atomic mass is 10.2. The molecular weight excluding hydrogens is 329 g/mol. The number of carbonyl (C=O) groups is 1. The van der Waals surface area contributed by atoms with Crippen molar-refractivity contribution in [1.82, 2.24) is 14.6 Å². The van der Waals surface area contributed by atoms with Crippen LogP contribution in [-0.4, -0.2) is 25.7 Å². The molecule has 3 rings (SSSR count). The van der Waals surface area contributed by atoms with Gasteiger partial charge in [0.15, 0.2) is 11.5 Å². The molecular formula is C13H7BrFN3O2. The Morgan fingerprint density at radius 3 is 2.80 bits per heavy atom. The zero-order valence-electron chi connectivity index (χ0n) is 9.92. The zero-order valence-corrected chi connectivity index (χ0v) is 11.5. The van der Waals surface area contributed by atoms with Crippen LogP contribution in [0, 0.1) is 5.82 Å². The van der Waals surface area contributed by atoms with E-state index in [4.69, 9.17) is 5.11 Å². The molecule has 0 radical (unpaired) electrons. The van der Waals surface area contributed by atoms with Gasteiger partial charge >= 0.3 is 5.97 Å². The second-order valence-electron chi connectivity index (χ2n) is 4.08. The topological polar surface area (TPSA) is 67.5 Å². The molecule has 1 N–H and O–H groups in total. The summed E-state index contributed by atoms with van der Waals surface area (Å²) in [5, 5.41) is 17.0. The largest absolute Gasteiger partial charge is 0.478 e. The Labute approximate surface area is 120 Å². The molecule has 5 nitrogen and oxygen atoms in total. The number of aromatic nitrogens is 3. The first-order chi connectivity index (χ1) is 9.58. The summed E-state index contributed by atoms with van der Waals surface area (Å²) < 4.78 is 15.4. The highest BCUT2D eigenvalue weighted by Gasteiger charge is 2.15. The summed E-state index contributed by atoms with van der Waals surface area (Å²) in [5.41, 5.74) is 1.09. The van der Waals surface area contributed by atoms with E-state index in [1.807, 2.05) is 0 Å². The Morgan fingerprint density at radius 2 is 2.05 bits per heavy atom. The number of fused-ring (bicyclic) bond motifs is 1. The van der Waals surface area contributed by atoms with Gasteiger partial charge in [-0.05, 0) is 40.2 Å². The minimum Gasteiger partial charge on any atom is -0.478 e. The fourth-order valence-corrected chi connectivity index (χ4v) is 2.32. The van der Waals surface area contributed by atoms with Gasteiger partial charge in [-0.3, -0.25) is 4.40 Å². The van der Waals surface area contributed by atoms with Crippen molar-refractivity contribution >= 4 is 27.5 Å². The Balaban J connectivity index is 2.28. The molecule has 0 amide bonds. The maximum Gasteiger partial charge on any atom is 0.337 e. The third kappa shape index (κ3) is 1.96. The lowest BCUT2D eigenvalue weighted by Gasteiger charge is -2.04. The van der Waals surface area contributed by atoms with Gasteiger partial charge in [0, 0.05) is 11.8 Å². The molecule has 0 aliphatic rings. The predicted octanol–water partition coefficient (Wildman–Crippen LogP) is 3.00. The number of nitrogens with zero attached hydrogens (tertiary/aromatic N) is 3. The van der Waals surface area contributed by atoms with Crippen molar-refractivity contribution in [2.45, 2.75) is 0 Å². The molecule has 100 valence electrons. The van der Waals surface area contributed by atoms with Gasteiger partial charge in [-0.25, -0.2) is 9.18 Å². The van der Waals surface area contributed by atoms with Gasteiger partial charge in [0.25, 0.3) is 0 Å². The molecule has 3 aromatic rings. The highest BCUT2D eigenvalue weighted by Crippen LogP contribution is 2.29. The number of benzene rings is 1. The first-order valence-corrected chi connectivity index (χ1v) is 6.39. The summed E-state index contributed by atoms with van der Waals surface area (Å²) in [6.45, 7) is 0. The molecule has 0 aliphatic carbocycles. The maximum atomic E-state index is 13.6. The van der Waals surface area contributed by atoms with Crippen molar-refractivity contribution in [2.75, 3.05) is 0 Å². The van der Waals surface area contributed by atoms with Crippen molar-refractivity contribution in [3.8, 4) is 11.4 Å². The summed E-state index contributed by atoms with van der Waals surface area (Å²) in [4.78, 5) is 11.0. The number of hydrogen-bond donors (Lipinski definition) is 1. The van der Waals surface area contributed by atoms with E-state index in [-0.39, 0.29) is 10.0 Å². The number of aromatic carboxylic acids is 1. The second kappa shape index (κ2) is 4.68. The molecule has 1 aromatic carbocycles. The first-order valence-electron chi connectivity index (χ1n) is 5.60. The van der Waals surface area contributed by atoms with Crippen LogP contribution in [0.2, 0.25) is 0 Å². The molecule has 0 spiro atoms. The van der Waals surface area contributed by atoms with Crippen LogP contribution in [0.25, 0.3) is 17.0 Å². The van der Waals surface area contributed by atoms with Gasteiger partial charge in [-0.2, -0.15) is 0 Å². The summed E-state index contributed by atoms with van der Waals surface area (Å²) >= 11 is 3.16. The number of rotatable bonds is 2. The van der Waals surface area contributed by atoms with Crippen molar-refractivity contribution < 1.29 is 14.3 Å². The van der Waals surface area contributed by atoms with Gasteiger partial charge < -0.3 is 5.11 Å². The lowest BCUT2D eigenvalue weighted by Crippen LogP contribution is -2.00. The average molecular weight is 336 g/mol. The first kappa shape index (κ1) is 12.7. The van der Waals surface area contributed by atoms with Crippen LogP contribution < -0.4 is 0 Å². The van der Waals surface area contributed by atoms with Crippen LogP contribution in [-0.2, 0) is 0 Å². The van der Waals surface area contributed by atoms with E-state index in [0.717, 1.165) is 0 Å². The fraction of sp³-hybridized carbons (Fsp3) is 0. The van der Waals surface area contributed by atoms with Gasteiger partial charge in [0.2, 0.25) is 0 Å². The van der Waals surface area contributed by atoms with E-state index in [9.17, 15) is 9.18 Å². The van der Waals surface area contributed by atoms with Crippen molar-refractivity contribution in [2.24, 2.45) is 0 Å². The number of halogens is 2. The van der Waals surface area contributed by atoms with E-state index >= 15 is 0 Å². The molecule has 0 saturated carbocycles. The molecule has 0 saturated heterocycles. The van der Waals surface area contributed by atoms with Crippen LogP contribution in [0.3, 0.4) is 0 Å². The minimum atomic E-state index is -1.05.